The minimum atomic E-state index is 0.497. The Balaban J connectivity index is 2.04. The third kappa shape index (κ3) is 1.50. The summed E-state index contributed by atoms with van der Waals surface area (Å²) in [6, 6.07) is 4.13. The number of nitrogens with one attached hydrogen (secondary N) is 1. The number of thiophene rings is 1. The van der Waals surface area contributed by atoms with Crippen LogP contribution in [0, 0.1) is 0 Å². The average Bonchev–Trinajstić information content (AvgIpc) is 3.02. The number of anilines is 1. The number of nitrogens with zero attached hydrogens (tertiary/aromatic N) is 3. The van der Waals surface area contributed by atoms with Crippen molar-refractivity contribution in [2.24, 2.45) is 0 Å². The van der Waals surface area contributed by atoms with Gasteiger partial charge >= 0.3 is 0 Å². The molecular weight excluding hydrogens is 258 g/mol. The third-order valence-corrected chi connectivity index (χ3v) is 4.23. The zero-order valence-corrected chi connectivity index (χ0v) is 10.6. The van der Waals surface area contributed by atoms with Crippen LogP contribution in [0.4, 0.5) is 5.82 Å². The van der Waals surface area contributed by atoms with Crippen molar-refractivity contribution in [1.29, 1.82) is 0 Å². The number of H-pyrrole nitrogens is 1. The Morgan fingerprint density at radius 3 is 3.11 bits per heavy atom. The molecule has 4 rings (SSSR count). The van der Waals surface area contributed by atoms with Gasteiger partial charge in [0.1, 0.15) is 17.8 Å². The molecule has 19 heavy (non-hydrogen) atoms. The van der Waals surface area contributed by atoms with Crippen LogP contribution in [-0.2, 0) is 0 Å². The number of hydrogen-bond acceptors (Lipinski definition) is 5. The second-order valence-corrected chi connectivity index (χ2v) is 5.29. The number of hydrogen-bond donors (Lipinski definition) is 2. The summed E-state index contributed by atoms with van der Waals surface area (Å²) in [7, 11) is 0. The summed E-state index contributed by atoms with van der Waals surface area (Å²) in [5, 5.41) is 2.01. The van der Waals surface area contributed by atoms with E-state index in [1.165, 1.54) is 11.0 Å². The van der Waals surface area contributed by atoms with E-state index in [1.807, 2.05) is 18.5 Å². The van der Waals surface area contributed by atoms with Gasteiger partial charge < -0.3 is 10.7 Å². The molecule has 92 valence electrons. The van der Waals surface area contributed by atoms with Gasteiger partial charge in [-0.05, 0) is 12.1 Å². The first kappa shape index (κ1) is 10.5. The summed E-state index contributed by atoms with van der Waals surface area (Å²) in [5.41, 5.74) is 7.75. The minimum absolute atomic E-state index is 0.497. The highest BCUT2D eigenvalue weighted by atomic mass is 32.1. The molecule has 0 unspecified atom stereocenters. The third-order valence-electron chi connectivity index (χ3n) is 3.08. The van der Waals surface area contributed by atoms with Crippen LogP contribution in [0.2, 0.25) is 0 Å². The number of aromatic amines is 1. The van der Waals surface area contributed by atoms with Crippen LogP contribution in [0.5, 0.6) is 0 Å². The second kappa shape index (κ2) is 3.76. The van der Waals surface area contributed by atoms with Crippen LogP contribution >= 0.6 is 11.3 Å². The Morgan fingerprint density at radius 2 is 2.21 bits per heavy atom. The van der Waals surface area contributed by atoms with Crippen LogP contribution in [0.1, 0.15) is 0 Å². The summed E-state index contributed by atoms with van der Waals surface area (Å²) >= 11 is 1.71. The van der Waals surface area contributed by atoms with E-state index in [4.69, 9.17) is 5.73 Å². The first-order valence-electron chi connectivity index (χ1n) is 5.74. The Kier molecular flexibility index (Phi) is 2.07. The summed E-state index contributed by atoms with van der Waals surface area (Å²) in [6.45, 7) is 0. The largest absolute Gasteiger partial charge is 0.383 e. The fraction of sp³-hybridized carbons (Fsp3) is 0. The van der Waals surface area contributed by atoms with Gasteiger partial charge in [-0.3, -0.25) is 4.98 Å². The molecule has 6 heteroatoms. The van der Waals surface area contributed by atoms with E-state index in [-0.39, 0.29) is 0 Å². The maximum atomic E-state index is 5.95. The number of rotatable bonds is 1. The lowest BCUT2D eigenvalue weighted by Gasteiger charge is -1.97. The molecule has 0 saturated carbocycles. The SMILES string of the molecule is Nc1ncnc2[nH]cc(-c3cc4cnccc4s3)c12. The first-order valence-corrected chi connectivity index (χ1v) is 6.56. The van der Waals surface area contributed by atoms with E-state index in [1.54, 1.807) is 17.5 Å². The number of aromatic nitrogens is 4. The van der Waals surface area contributed by atoms with Crippen LogP contribution in [0.15, 0.2) is 37.1 Å². The second-order valence-electron chi connectivity index (χ2n) is 4.21. The Hall–Kier alpha value is -2.47. The smallest absolute Gasteiger partial charge is 0.143 e. The van der Waals surface area contributed by atoms with Crippen LogP contribution in [0.3, 0.4) is 0 Å². The maximum Gasteiger partial charge on any atom is 0.143 e. The molecule has 0 aliphatic rings. The average molecular weight is 267 g/mol. The van der Waals surface area contributed by atoms with Crippen molar-refractivity contribution in [2.45, 2.75) is 0 Å². The van der Waals surface area contributed by atoms with Crippen LogP contribution in [-0.4, -0.2) is 19.9 Å². The van der Waals surface area contributed by atoms with E-state index in [9.17, 15) is 0 Å². The normalized spacial score (nSPS) is 11.4. The highest BCUT2D eigenvalue weighted by Crippen LogP contribution is 2.37. The monoisotopic (exact) mass is 267 g/mol. The molecule has 0 radical (unpaired) electrons. The van der Waals surface area contributed by atoms with E-state index >= 15 is 0 Å². The lowest BCUT2D eigenvalue weighted by Crippen LogP contribution is -1.91. The molecule has 0 saturated heterocycles. The van der Waals surface area contributed by atoms with Crippen molar-refractivity contribution in [3.05, 3.63) is 37.1 Å². The topological polar surface area (TPSA) is 80.5 Å². The fourth-order valence-electron chi connectivity index (χ4n) is 2.20. The van der Waals surface area contributed by atoms with E-state index in [0.717, 1.165) is 26.9 Å². The zero-order valence-electron chi connectivity index (χ0n) is 9.79. The number of pyridine rings is 1. The zero-order chi connectivity index (χ0) is 12.8. The molecule has 3 N–H and O–H groups in total. The highest BCUT2D eigenvalue weighted by molar-refractivity contribution is 7.22. The Morgan fingerprint density at radius 1 is 1.26 bits per heavy atom. The van der Waals surface area contributed by atoms with Gasteiger partial charge in [0, 0.05) is 39.1 Å². The van der Waals surface area contributed by atoms with E-state index < -0.39 is 0 Å². The molecule has 4 aromatic rings. The summed E-state index contributed by atoms with van der Waals surface area (Å²) in [4.78, 5) is 16.6. The van der Waals surface area contributed by atoms with E-state index in [0.29, 0.717) is 5.82 Å². The molecule has 5 nitrogen and oxygen atoms in total. The van der Waals surface area contributed by atoms with Gasteiger partial charge in [-0.15, -0.1) is 11.3 Å². The van der Waals surface area contributed by atoms with Crippen LogP contribution in [0.25, 0.3) is 31.6 Å². The minimum Gasteiger partial charge on any atom is -0.383 e. The van der Waals surface area contributed by atoms with Crippen molar-refractivity contribution >= 4 is 38.3 Å². The van der Waals surface area contributed by atoms with Gasteiger partial charge in [0.2, 0.25) is 0 Å². The number of nitrogen functional groups attached to an aromatic ring is 1. The van der Waals surface area contributed by atoms with Crippen molar-refractivity contribution in [3.8, 4) is 10.4 Å². The predicted molar refractivity (Wildman–Crippen MR) is 76.9 cm³/mol. The molecule has 4 heterocycles. The molecule has 0 bridgehead atoms. The Labute approximate surface area is 112 Å². The van der Waals surface area contributed by atoms with Gasteiger partial charge in [-0.1, -0.05) is 0 Å². The summed E-state index contributed by atoms with van der Waals surface area (Å²) in [6.07, 6.45) is 7.06. The van der Waals surface area contributed by atoms with Crippen molar-refractivity contribution in [3.63, 3.8) is 0 Å². The van der Waals surface area contributed by atoms with Gasteiger partial charge in [-0.2, -0.15) is 0 Å². The molecule has 0 aliphatic heterocycles. The van der Waals surface area contributed by atoms with Crippen molar-refractivity contribution in [1.82, 2.24) is 19.9 Å². The summed E-state index contributed by atoms with van der Waals surface area (Å²) < 4.78 is 1.20. The molecule has 0 aliphatic carbocycles. The van der Waals surface area contributed by atoms with Crippen LogP contribution < -0.4 is 5.73 Å². The molecule has 0 atom stereocenters. The quantitative estimate of drug-likeness (QED) is 0.555. The van der Waals surface area contributed by atoms with Gasteiger partial charge in [0.25, 0.3) is 0 Å². The Bertz CT molecular complexity index is 859. The molecule has 0 aromatic carbocycles. The lowest BCUT2D eigenvalue weighted by atomic mass is 10.2. The summed E-state index contributed by atoms with van der Waals surface area (Å²) in [5.74, 6) is 0.497. The number of nitrogens with two attached hydrogens (primary N) is 1. The fourth-order valence-corrected chi connectivity index (χ4v) is 3.25. The molecule has 0 spiro atoms. The molecule has 0 amide bonds. The standard InChI is InChI=1S/C13H9N5S/c14-12-11-8(5-16-13(11)18-6-17-12)10-3-7-4-15-2-1-9(7)19-10/h1-6H,(H3,14,16,17,18). The predicted octanol–water partition coefficient (Wildman–Crippen LogP) is 2.82. The molecular formula is C13H9N5S. The number of fused-ring (bicyclic) bond motifs is 2. The molecule has 4 aromatic heterocycles. The van der Waals surface area contributed by atoms with Gasteiger partial charge in [-0.25, -0.2) is 9.97 Å². The molecule has 0 fully saturated rings. The van der Waals surface area contributed by atoms with Crippen molar-refractivity contribution < 1.29 is 0 Å². The lowest BCUT2D eigenvalue weighted by molar-refractivity contribution is 1.21. The van der Waals surface area contributed by atoms with Gasteiger partial charge in [0.15, 0.2) is 0 Å². The van der Waals surface area contributed by atoms with Crippen molar-refractivity contribution in [2.75, 3.05) is 5.73 Å². The maximum absolute atomic E-state index is 5.95. The highest BCUT2D eigenvalue weighted by Gasteiger charge is 2.13. The van der Waals surface area contributed by atoms with E-state index in [2.05, 4.69) is 26.0 Å². The first-order chi connectivity index (χ1) is 9.33. The van der Waals surface area contributed by atoms with Gasteiger partial charge in [0.05, 0.1) is 5.39 Å².